The Balaban J connectivity index is 1.88. The van der Waals surface area contributed by atoms with Crippen molar-refractivity contribution in [2.24, 2.45) is 5.92 Å². The van der Waals surface area contributed by atoms with E-state index in [2.05, 4.69) is 28.2 Å². The van der Waals surface area contributed by atoms with Gasteiger partial charge in [0.05, 0.1) is 0 Å². The minimum Gasteiger partial charge on any atom is -0.310 e. The second kappa shape index (κ2) is 6.21. The van der Waals surface area contributed by atoms with Crippen LogP contribution in [0.25, 0.3) is 0 Å². The van der Waals surface area contributed by atoms with Crippen LogP contribution < -0.4 is 5.32 Å². The van der Waals surface area contributed by atoms with E-state index in [0.29, 0.717) is 6.04 Å². The van der Waals surface area contributed by atoms with E-state index in [1.54, 1.807) is 0 Å². The number of hydrogen-bond donors (Lipinski definition) is 1. The number of halogens is 2. The Bertz CT molecular complexity index is 376. The summed E-state index contributed by atoms with van der Waals surface area (Å²) in [5, 5.41) is 4.44. The highest BCUT2D eigenvalue weighted by atomic mass is 79.9. The van der Waals surface area contributed by atoms with E-state index in [0.717, 1.165) is 22.0 Å². The van der Waals surface area contributed by atoms with Gasteiger partial charge in [0.25, 0.3) is 0 Å². The van der Waals surface area contributed by atoms with Crippen molar-refractivity contribution in [3.63, 3.8) is 0 Å². The zero-order valence-corrected chi connectivity index (χ0v) is 12.5. The summed E-state index contributed by atoms with van der Waals surface area (Å²) < 4.78 is 1.13. The van der Waals surface area contributed by atoms with Crippen LogP contribution in [0.1, 0.15) is 38.2 Å². The molecule has 0 aliphatic heterocycles. The van der Waals surface area contributed by atoms with Crippen LogP contribution in [0.4, 0.5) is 0 Å². The van der Waals surface area contributed by atoms with Gasteiger partial charge in [0.1, 0.15) is 0 Å². The summed E-state index contributed by atoms with van der Waals surface area (Å²) in [6.07, 6.45) is 5.39. The van der Waals surface area contributed by atoms with Gasteiger partial charge in [0.15, 0.2) is 0 Å². The summed E-state index contributed by atoms with van der Waals surface area (Å²) in [5.74, 6) is 0.982. The van der Waals surface area contributed by atoms with Gasteiger partial charge in [-0.15, -0.1) is 0 Å². The van der Waals surface area contributed by atoms with Gasteiger partial charge in [-0.25, -0.2) is 0 Å². The monoisotopic (exact) mass is 315 g/mol. The average Bonchev–Trinajstić information content (AvgIpc) is 3.12. The molecule has 1 atom stereocenters. The van der Waals surface area contributed by atoms with Crippen LogP contribution >= 0.6 is 27.5 Å². The van der Waals surface area contributed by atoms with Crippen molar-refractivity contribution in [3.05, 3.63) is 33.3 Å². The molecule has 0 radical (unpaired) electrons. The first kappa shape index (κ1) is 13.4. The Morgan fingerprint density at radius 2 is 2.24 bits per heavy atom. The van der Waals surface area contributed by atoms with Crippen molar-refractivity contribution >= 4 is 27.5 Å². The predicted octanol–water partition coefficient (Wildman–Crippen LogP) is 4.77. The molecule has 0 bridgehead atoms. The van der Waals surface area contributed by atoms with Crippen LogP contribution in [0.5, 0.6) is 0 Å². The standard InChI is InChI=1S/C14H19BrClN/c1-2-13(7-10-3-4-10)17-9-11-8-12(16)5-6-14(11)15/h5-6,8,10,13,17H,2-4,7,9H2,1H3. The van der Waals surface area contributed by atoms with Crippen molar-refractivity contribution in [1.29, 1.82) is 0 Å². The number of hydrogen-bond acceptors (Lipinski definition) is 1. The molecule has 1 aromatic rings. The van der Waals surface area contributed by atoms with Crippen molar-refractivity contribution in [2.75, 3.05) is 0 Å². The Morgan fingerprint density at radius 1 is 1.47 bits per heavy atom. The molecule has 1 aliphatic rings. The minimum absolute atomic E-state index is 0.647. The summed E-state index contributed by atoms with van der Waals surface area (Å²) in [5.41, 5.74) is 1.24. The molecule has 3 heteroatoms. The molecule has 94 valence electrons. The van der Waals surface area contributed by atoms with E-state index in [4.69, 9.17) is 11.6 Å². The Hall–Kier alpha value is -0.0500. The lowest BCUT2D eigenvalue weighted by Crippen LogP contribution is -2.28. The maximum absolute atomic E-state index is 6.01. The van der Waals surface area contributed by atoms with Gasteiger partial charge < -0.3 is 5.32 Å². The van der Waals surface area contributed by atoms with Crippen LogP contribution in [0, 0.1) is 5.92 Å². The van der Waals surface area contributed by atoms with Gasteiger partial charge in [0, 0.05) is 22.1 Å². The van der Waals surface area contributed by atoms with Gasteiger partial charge in [-0.3, -0.25) is 0 Å². The molecule has 1 aromatic carbocycles. The Labute approximate surface area is 117 Å². The van der Waals surface area contributed by atoms with E-state index < -0.39 is 0 Å². The molecular formula is C14H19BrClN. The van der Waals surface area contributed by atoms with E-state index in [-0.39, 0.29) is 0 Å². The molecule has 17 heavy (non-hydrogen) atoms. The molecule has 0 heterocycles. The smallest absolute Gasteiger partial charge is 0.0410 e. The normalized spacial score (nSPS) is 17.1. The molecule has 1 unspecified atom stereocenters. The van der Waals surface area contributed by atoms with Gasteiger partial charge in [-0.05, 0) is 42.5 Å². The van der Waals surface area contributed by atoms with Gasteiger partial charge in [-0.2, -0.15) is 0 Å². The Kier molecular flexibility index (Phi) is 4.89. The molecule has 1 nitrogen and oxygen atoms in total. The Morgan fingerprint density at radius 3 is 2.88 bits per heavy atom. The largest absolute Gasteiger partial charge is 0.310 e. The number of rotatable bonds is 6. The van der Waals surface area contributed by atoms with Crippen molar-refractivity contribution in [1.82, 2.24) is 5.32 Å². The number of nitrogens with one attached hydrogen (secondary N) is 1. The third-order valence-corrected chi connectivity index (χ3v) is 4.41. The first-order valence-electron chi connectivity index (χ1n) is 6.36. The predicted molar refractivity (Wildman–Crippen MR) is 77.4 cm³/mol. The second-order valence-electron chi connectivity index (χ2n) is 4.90. The summed E-state index contributed by atoms with van der Waals surface area (Å²) >= 11 is 9.58. The van der Waals surface area contributed by atoms with Crippen molar-refractivity contribution in [2.45, 2.75) is 45.2 Å². The third kappa shape index (κ3) is 4.27. The lowest BCUT2D eigenvalue weighted by molar-refractivity contribution is 0.444. The maximum Gasteiger partial charge on any atom is 0.0410 e. The van der Waals surface area contributed by atoms with Gasteiger partial charge in [-0.1, -0.05) is 47.3 Å². The second-order valence-corrected chi connectivity index (χ2v) is 6.19. The highest BCUT2D eigenvalue weighted by molar-refractivity contribution is 9.10. The first-order chi connectivity index (χ1) is 8.19. The topological polar surface area (TPSA) is 12.0 Å². The van der Waals surface area contributed by atoms with Gasteiger partial charge >= 0.3 is 0 Å². The SMILES string of the molecule is CCC(CC1CC1)NCc1cc(Cl)ccc1Br. The molecule has 0 amide bonds. The molecular weight excluding hydrogens is 298 g/mol. The lowest BCUT2D eigenvalue weighted by atomic mass is 10.1. The fourth-order valence-electron chi connectivity index (χ4n) is 2.08. The van der Waals surface area contributed by atoms with Gasteiger partial charge in [0.2, 0.25) is 0 Å². The average molecular weight is 317 g/mol. The van der Waals surface area contributed by atoms with Crippen molar-refractivity contribution in [3.8, 4) is 0 Å². The zero-order chi connectivity index (χ0) is 12.3. The van der Waals surface area contributed by atoms with Crippen LogP contribution in [-0.4, -0.2) is 6.04 Å². The molecule has 1 N–H and O–H groups in total. The highest BCUT2D eigenvalue weighted by Crippen LogP contribution is 2.34. The summed E-state index contributed by atoms with van der Waals surface area (Å²) in [6, 6.07) is 6.61. The van der Waals surface area contributed by atoms with E-state index >= 15 is 0 Å². The molecule has 2 rings (SSSR count). The molecule has 0 spiro atoms. The highest BCUT2D eigenvalue weighted by Gasteiger charge is 2.24. The van der Waals surface area contributed by atoms with Crippen LogP contribution in [0.15, 0.2) is 22.7 Å². The summed E-state index contributed by atoms with van der Waals surface area (Å²) in [4.78, 5) is 0. The maximum atomic E-state index is 6.01. The van der Waals surface area contributed by atoms with Crippen molar-refractivity contribution < 1.29 is 0 Å². The van der Waals surface area contributed by atoms with Crippen LogP contribution in [-0.2, 0) is 6.54 Å². The minimum atomic E-state index is 0.647. The zero-order valence-electron chi connectivity index (χ0n) is 10.2. The van der Waals surface area contributed by atoms with E-state index in [1.807, 2.05) is 18.2 Å². The molecule has 1 aliphatic carbocycles. The third-order valence-electron chi connectivity index (χ3n) is 3.40. The van der Waals surface area contributed by atoms with Crippen LogP contribution in [0.3, 0.4) is 0 Å². The fourth-order valence-corrected chi connectivity index (χ4v) is 2.66. The van der Waals surface area contributed by atoms with E-state index in [9.17, 15) is 0 Å². The lowest BCUT2D eigenvalue weighted by Gasteiger charge is -2.17. The molecule has 0 aromatic heterocycles. The number of benzene rings is 1. The summed E-state index contributed by atoms with van der Waals surface area (Å²) in [7, 11) is 0. The molecule has 1 fully saturated rings. The van der Waals surface area contributed by atoms with E-state index in [1.165, 1.54) is 31.2 Å². The quantitative estimate of drug-likeness (QED) is 0.797. The van der Waals surface area contributed by atoms with Crippen LogP contribution in [0.2, 0.25) is 5.02 Å². The molecule has 0 saturated heterocycles. The first-order valence-corrected chi connectivity index (χ1v) is 7.53. The summed E-state index contributed by atoms with van der Waals surface area (Å²) in [6.45, 7) is 3.15. The fraction of sp³-hybridized carbons (Fsp3) is 0.571. The molecule has 1 saturated carbocycles.